The average Bonchev–Trinajstić information content (AvgIpc) is 2.30. The van der Waals surface area contributed by atoms with E-state index in [1.807, 2.05) is 0 Å². The normalized spacial score (nSPS) is 16.2. The molecule has 1 saturated heterocycles. The van der Waals surface area contributed by atoms with Crippen LogP contribution in [-0.4, -0.2) is 33.5 Å². The second-order valence-electron chi connectivity index (χ2n) is 3.55. The van der Waals surface area contributed by atoms with Gasteiger partial charge in [-0.2, -0.15) is 0 Å². The van der Waals surface area contributed by atoms with Crippen LogP contribution in [0.3, 0.4) is 0 Å². The number of anilines is 1. The summed E-state index contributed by atoms with van der Waals surface area (Å²) in [7, 11) is 0. The number of rotatable bonds is 2. The summed E-state index contributed by atoms with van der Waals surface area (Å²) >= 11 is 0. The Morgan fingerprint density at radius 3 is 2.94 bits per heavy atom. The maximum absolute atomic E-state index is 11.6. The Kier molecular flexibility index (Phi) is 2.80. The van der Waals surface area contributed by atoms with E-state index >= 15 is 0 Å². The summed E-state index contributed by atoms with van der Waals surface area (Å²) in [6, 6.07) is 1.31. The molecule has 2 rings (SSSR count). The number of nitrogens with zero attached hydrogens (tertiary/aromatic N) is 3. The van der Waals surface area contributed by atoms with Gasteiger partial charge in [-0.15, -0.1) is 0 Å². The first kappa shape index (κ1) is 10.5. The van der Waals surface area contributed by atoms with Crippen molar-refractivity contribution < 1.29 is 14.7 Å². The molecule has 1 aromatic rings. The van der Waals surface area contributed by atoms with E-state index in [1.54, 1.807) is 0 Å². The summed E-state index contributed by atoms with van der Waals surface area (Å²) in [6.07, 6.45) is 3.59. The van der Waals surface area contributed by atoms with Crippen LogP contribution in [0.5, 0.6) is 0 Å². The summed E-state index contributed by atoms with van der Waals surface area (Å²) in [6.45, 7) is 0.557. The maximum atomic E-state index is 11.6. The molecule has 0 aliphatic carbocycles. The molecule has 6 nitrogen and oxygen atoms in total. The van der Waals surface area contributed by atoms with Crippen LogP contribution in [0.15, 0.2) is 12.3 Å². The van der Waals surface area contributed by atoms with Gasteiger partial charge in [0.15, 0.2) is 5.69 Å². The average molecular weight is 221 g/mol. The van der Waals surface area contributed by atoms with E-state index in [2.05, 4.69) is 9.97 Å². The van der Waals surface area contributed by atoms with Gasteiger partial charge >= 0.3 is 5.97 Å². The molecule has 1 amide bonds. The second-order valence-corrected chi connectivity index (χ2v) is 3.55. The van der Waals surface area contributed by atoms with Gasteiger partial charge in [0.1, 0.15) is 0 Å². The highest BCUT2D eigenvalue weighted by Crippen LogP contribution is 2.16. The summed E-state index contributed by atoms with van der Waals surface area (Å²) in [4.78, 5) is 31.5. The molecule has 0 bridgehead atoms. The molecule has 0 radical (unpaired) electrons. The Labute approximate surface area is 91.9 Å². The van der Waals surface area contributed by atoms with Crippen molar-refractivity contribution in [2.45, 2.75) is 19.3 Å². The van der Waals surface area contributed by atoms with Crippen LogP contribution in [0.4, 0.5) is 5.95 Å². The number of hydrogen-bond acceptors (Lipinski definition) is 4. The fraction of sp³-hybridized carbons (Fsp3) is 0.400. The molecule has 0 aromatic carbocycles. The van der Waals surface area contributed by atoms with Gasteiger partial charge in [-0.05, 0) is 18.9 Å². The van der Waals surface area contributed by atoms with Crippen LogP contribution >= 0.6 is 0 Å². The van der Waals surface area contributed by atoms with Gasteiger partial charge < -0.3 is 5.11 Å². The number of aromatic nitrogens is 2. The Balaban J connectivity index is 2.28. The minimum Gasteiger partial charge on any atom is -0.477 e. The number of amides is 1. The predicted molar refractivity (Wildman–Crippen MR) is 55.2 cm³/mol. The monoisotopic (exact) mass is 221 g/mol. The number of carbonyl (C=O) groups excluding carboxylic acids is 1. The lowest BCUT2D eigenvalue weighted by Crippen LogP contribution is -2.36. The van der Waals surface area contributed by atoms with E-state index in [-0.39, 0.29) is 17.5 Å². The standard InChI is InChI=1S/C10H11N3O3/c14-8-3-1-2-6-13(8)10-11-5-4-7(12-10)9(15)16/h4-5H,1-3,6H2,(H,15,16). The van der Waals surface area contributed by atoms with E-state index < -0.39 is 5.97 Å². The maximum Gasteiger partial charge on any atom is 0.354 e. The first-order valence-electron chi connectivity index (χ1n) is 5.05. The van der Waals surface area contributed by atoms with Crippen molar-refractivity contribution in [1.82, 2.24) is 9.97 Å². The minimum absolute atomic E-state index is 0.0474. The lowest BCUT2D eigenvalue weighted by molar-refractivity contribution is -0.119. The number of carboxylic acids is 1. The summed E-state index contributed by atoms with van der Waals surface area (Å²) in [5.41, 5.74) is -0.0941. The fourth-order valence-electron chi connectivity index (χ4n) is 1.61. The third-order valence-electron chi connectivity index (χ3n) is 2.43. The summed E-state index contributed by atoms with van der Waals surface area (Å²) in [5.74, 6) is -0.980. The molecule has 0 unspecified atom stereocenters. The number of hydrogen-bond donors (Lipinski definition) is 1. The highest BCUT2D eigenvalue weighted by molar-refractivity contribution is 5.93. The molecule has 1 aliphatic rings. The van der Waals surface area contributed by atoms with Crippen molar-refractivity contribution in [3.8, 4) is 0 Å². The highest BCUT2D eigenvalue weighted by Gasteiger charge is 2.22. The van der Waals surface area contributed by atoms with Crippen LogP contribution in [0.25, 0.3) is 0 Å². The van der Waals surface area contributed by atoms with Gasteiger partial charge in [0.2, 0.25) is 11.9 Å². The third kappa shape index (κ3) is 2.00. The fourth-order valence-corrected chi connectivity index (χ4v) is 1.61. The molecule has 0 spiro atoms. The van der Waals surface area contributed by atoms with E-state index in [4.69, 9.17) is 5.11 Å². The highest BCUT2D eigenvalue weighted by atomic mass is 16.4. The topological polar surface area (TPSA) is 83.4 Å². The van der Waals surface area contributed by atoms with Crippen molar-refractivity contribution in [2.24, 2.45) is 0 Å². The largest absolute Gasteiger partial charge is 0.477 e. The Morgan fingerprint density at radius 1 is 1.44 bits per heavy atom. The molecule has 1 aromatic heterocycles. The molecular formula is C10H11N3O3. The third-order valence-corrected chi connectivity index (χ3v) is 2.43. The van der Waals surface area contributed by atoms with E-state index in [1.165, 1.54) is 17.2 Å². The SMILES string of the molecule is O=C(O)c1ccnc(N2CCCCC2=O)n1. The number of piperidine rings is 1. The van der Waals surface area contributed by atoms with Crippen molar-refractivity contribution in [2.75, 3.05) is 11.4 Å². The minimum atomic E-state index is -1.12. The molecule has 1 N–H and O–H groups in total. The lowest BCUT2D eigenvalue weighted by atomic mass is 10.1. The van der Waals surface area contributed by atoms with Crippen molar-refractivity contribution >= 4 is 17.8 Å². The van der Waals surface area contributed by atoms with Gasteiger partial charge in [-0.1, -0.05) is 0 Å². The van der Waals surface area contributed by atoms with E-state index in [9.17, 15) is 9.59 Å². The molecular weight excluding hydrogens is 210 g/mol. The predicted octanol–water partition coefficient (Wildman–Crippen LogP) is 0.692. The van der Waals surface area contributed by atoms with E-state index in [0.717, 1.165) is 12.8 Å². The Bertz CT molecular complexity index is 433. The van der Waals surface area contributed by atoms with Crippen molar-refractivity contribution in [3.05, 3.63) is 18.0 Å². The molecule has 6 heteroatoms. The number of aromatic carboxylic acids is 1. The van der Waals surface area contributed by atoms with Gasteiger partial charge in [-0.3, -0.25) is 9.69 Å². The number of carbonyl (C=O) groups is 2. The molecule has 16 heavy (non-hydrogen) atoms. The first-order chi connectivity index (χ1) is 7.68. The summed E-state index contributed by atoms with van der Waals surface area (Å²) in [5, 5.41) is 8.78. The van der Waals surface area contributed by atoms with Crippen molar-refractivity contribution in [3.63, 3.8) is 0 Å². The molecule has 2 heterocycles. The van der Waals surface area contributed by atoms with Crippen LogP contribution < -0.4 is 4.90 Å². The molecule has 1 aliphatic heterocycles. The Hall–Kier alpha value is -1.98. The first-order valence-corrected chi connectivity index (χ1v) is 5.05. The zero-order valence-electron chi connectivity index (χ0n) is 8.59. The van der Waals surface area contributed by atoms with Crippen LogP contribution in [0, 0.1) is 0 Å². The van der Waals surface area contributed by atoms with Crippen LogP contribution in [-0.2, 0) is 4.79 Å². The molecule has 0 atom stereocenters. The van der Waals surface area contributed by atoms with Gasteiger partial charge in [-0.25, -0.2) is 14.8 Å². The summed E-state index contributed by atoms with van der Waals surface area (Å²) < 4.78 is 0. The van der Waals surface area contributed by atoms with Crippen LogP contribution in [0.1, 0.15) is 29.8 Å². The zero-order valence-corrected chi connectivity index (χ0v) is 8.59. The van der Waals surface area contributed by atoms with Gasteiger partial charge in [0.25, 0.3) is 0 Å². The Morgan fingerprint density at radius 2 is 2.25 bits per heavy atom. The number of carboxylic acid groups (broad SMARTS) is 1. The molecule has 1 fully saturated rings. The molecule has 0 saturated carbocycles. The molecule has 84 valence electrons. The van der Waals surface area contributed by atoms with Gasteiger partial charge in [0.05, 0.1) is 0 Å². The lowest BCUT2D eigenvalue weighted by Gasteiger charge is -2.24. The van der Waals surface area contributed by atoms with Gasteiger partial charge in [0, 0.05) is 19.2 Å². The quantitative estimate of drug-likeness (QED) is 0.794. The van der Waals surface area contributed by atoms with Crippen LogP contribution in [0.2, 0.25) is 0 Å². The zero-order chi connectivity index (χ0) is 11.5. The van der Waals surface area contributed by atoms with E-state index in [0.29, 0.717) is 13.0 Å². The second kappa shape index (κ2) is 4.26. The van der Waals surface area contributed by atoms with Crippen molar-refractivity contribution in [1.29, 1.82) is 0 Å². The smallest absolute Gasteiger partial charge is 0.354 e.